The average Bonchev–Trinajstić information content (AvgIpc) is 2.58. The second-order valence-electron chi connectivity index (χ2n) is 2.30. The molecule has 0 fully saturated rings. The zero-order chi connectivity index (χ0) is 8.39. The molecule has 0 aliphatic heterocycles. The number of aromatic nitrogens is 3. The number of hydrogen-bond acceptors (Lipinski definition) is 2. The highest BCUT2D eigenvalue weighted by molar-refractivity contribution is 6.30. The monoisotopic (exact) mass is 179 g/mol. The van der Waals surface area contributed by atoms with Crippen molar-refractivity contribution in [2.45, 2.75) is 0 Å². The van der Waals surface area contributed by atoms with Gasteiger partial charge in [-0.15, -0.1) is 0 Å². The van der Waals surface area contributed by atoms with Gasteiger partial charge < -0.3 is 4.98 Å². The lowest BCUT2D eigenvalue weighted by molar-refractivity contribution is 1.22. The molecule has 0 radical (unpaired) electrons. The molecule has 2 aromatic heterocycles. The standard InChI is InChI=1S/C8H6ClN3/c9-6-1-2-7(12-5-6)8-10-3-4-11-8/h1-5H,(H,10,11). The van der Waals surface area contributed by atoms with Gasteiger partial charge in [-0.2, -0.15) is 0 Å². The fourth-order valence-corrected chi connectivity index (χ4v) is 1.03. The van der Waals surface area contributed by atoms with Crippen LogP contribution in [0.15, 0.2) is 30.7 Å². The van der Waals surface area contributed by atoms with Crippen molar-refractivity contribution in [2.75, 3.05) is 0 Å². The summed E-state index contributed by atoms with van der Waals surface area (Å²) in [6, 6.07) is 3.60. The Morgan fingerprint density at radius 1 is 1.25 bits per heavy atom. The third-order valence-electron chi connectivity index (χ3n) is 1.47. The van der Waals surface area contributed by atoms with Crippen molar-refractivity contribution in [1.82, 2.24) is 15.0 Å². The quantitative estimate of drug-likeness (QED) is 0.729. The van der Waals surface area contributed by atoms with Crippen LogP contribution in [0.5, 0.6) is 0 Å². The Morgan fingerprint density at radius 3 is 2.75 bits per heavy atom. The summed E-state index contributed by atoms with van der Waals surface area (Å²) in [5, 5.41) is 0.630. The first kappa shape index (κ1) is 7.31. The van der Waals surface area contributed by atoms with E-state index in [9.17, 15) is 0 Å². The van der Waals surface area contributed by atoms with Gasteiger partial charge in [0, 0.05) is 18.6 Å². The normalized spacial score (nSPS) is 10.1. The Balaban J connectivity index is 2.43. The van der Waals surface area contributed by atoms with Crippen molar-refractivity contribution < 1.29 is 0 Å². The molecule has 2 heterocycles. The van der Waals surface area contributed by atoms with Crippen molar-refractivity contribution in [2.24, 2.45) is 0 Å². The smallest absolute Gasteiger partial charge is 0.155 e. The predicted molar refractivity (Wildman–Crippen MR) is 46.8 cm³/mol. The lowest BCUT2D eigenvalue weighted by Gasteiger charge is -1.94. The van der Waals surface area contributed by atoms with Gasteiger partial charge in [0.15, 0.2) is 5.82 Å². The van der Waals surface area contributed by atoms with Gasteiger partial charge in [0.2, 0.25) is 0 Å². The molecule has 1 N–H and O–H groups in total. The van der Waals surface area contributed by atoms with E-state index < -0.39 is 0 Å². The van der Waals surface area contributed by atoms with E-state index in [2.05, 4.69) is 15.0 Å². The van der Waals surface area contributed by atoms with Gasteiger partial charge >= 0.3 is 0 Å². The molecule has 0 atom stereocenters. The maximum Gasteiger partial charge on any atom is 0.155 e. The summed E-state index contributed by atoms with van der Waals surface area (Å²) in [7, 11) is 0. The van der Waals surface area contributed by atoms with Gasteiger partial charge in [0.25, 0.3) is 0 Å². The zero-order valence-corrected chi connectivity index (χ0v) is 6.92. The number of hydrogen-bond donors (Lipinski definition) is 1. The minimum atomic E-state index is 0.630. The summed E-state index contributed by atoms with van der Waals surface area (Å²) in [5.74, 6) is 0.756. The number of nitrogens with zero attached hydrogens (tertiary/aromatic N) is 2. The molecule has 0 amide bonds. The molecule has 0 aliphatic rings. The van der Waals surface area contributed by atoms with E-state index in [1.54, 1.807) is 24.7 Å². The van der Waals surface area contributed by atoms with Crippen LogP contribution < -0.4 is 0 Å². The number of H-pyrrole nitrogens is 1. The Bertz CT molecular complexity index is 352. The van der Waals surface area contributed by atoms with Crippen LogP contribution in [0.25, 0.3) is 11.5 Å². The van der Waals surface area contributed by atoms with Crippen molar-refractivity contribution in [1.29, 1.82) is 0 Å². The van der Waals surface area contributed by atoms with Crippen molar-refractivity contribution in [3.05, 3.63) is 35.7 Å². The van der Waals surface area contributed by atoms with Crippen LogP contribution in [0, 0.1) is 0 Å². The number of imidazole rings is 1. The first-order valence-electron chi connectivity index (χ1n) is 3.47. The molecule has 3 nitrogen and oxygen atoms in total. The topological polar surface area (TPSA) is 41.6 Å². The molecule has 0 bridgehead atoms. The van der Waals surface area contributed by atoms with Crippen LogP contribution in [-0.4, -0.2) is 15.0 Å². The molecular weight excluding hydrogens is 174 g/mol. The second kappa shape index (κ2) is 2.95. The first-order valence-corrected chi connectivity index (χ1v) is 3.85. The fraction of sp³-hybridized carbons (Fsp3) is 0. The van der Waals surface area contributed by atoms with Gasteiger partial charge in [-0.1, -0.05) is 11.6 Å². The second-order valence-corrected chi connectivity index (χ2v) is 2.74. The lowest BCUT2D eigenvalue weighted by atomic mass is 10.3. The molecular formula is C8H6ClN3. The van der Waals surface area contributed by atoms with Gasteiger partial charge in [-0.3, -0.25) is 4.98 Å². The fourth-order valence-electron chi connectivity index (χ4n) is 0.921. The maximum absolute atomic E-state index is 5.68. The highest BCUT2D eigenvalue weighted by Crippen LogP contribution is 2.13. The molecule has 0 aliphatic carbocycles. The van der Waals surface area contributed by atoms with Crippen LogP contribution in [0.3, 0.4) is 0 Å². The summed E-state index contributed by atoms with van der Waals surface area (Å²) in [5.41, 5.74) is 0.796. The minimum absolute atomic E-state index is 0.630. The van der Waals surface area contributed by atoms with Gasteiger partial charge in [-0.25, -0.2) is 4.98 Å². The summed E-state index contributed by atoms with van der Waals surface area (Å²) in [6.07, 6.45) is 5.04. The van der Waals surface area contributed by atoms with Crippen LogP contribution in [-0.2, 0) is 0 Å². The average molecular weight is 180 g/mol. The lowest BCUT2D eigenvalue weighted by Crippen LogP contribution is -1.83. The van der Waals surface area contributed by atoms with Gasteiger partial charge in [-0.05, 0) is 12.1 Å². The first-order chi connectivity index (χ1) is 5.86. The van der Waals surface area contributed by atoms with Crippen LogP contribution in [0.4, 0.5) is 0 Å². The molecule has 2 aromatic rings. The third-order valence-corrected chi connectivity index (χ3v) is 1.69. The van der Waals surface area contributed by atoms with Crippen LogP contribution in [0.1, 0.15) is 0 Å². The highest BCUT2D eigenvalue weighted by atomic mass is 35.5. The van der Waals surface area contributed by atoms with E-state index in [-0.39, 0.29) is 0 Å². The molecule has 4 heteroatoms. The number of aromatic amines is 1. The predicted octanol–water partition coefficient (Wildman–Crippen LogP) is 2.13. The third kappa shape index (κ3) is 1.31. The minimum Gasteiger partial charge on any atom is -0.343 e. The molecule has 0 aromatic carbocycles. The van der Waals surface area contributed by atoms with E-state index in [0.29, 0.717) is 5.02 Å². The number of rotatable bonds is 1. The maximum atomic E-state index is 5.68. The molecule has 0 unspecified atom stereocenters. The summed E-state index contributed by atoms with van der Waals surface area (Å²) < 4.78 is 0. The molecule has 0 saturated heterocycles. The zero-order valence-electron chi connectivity index (χ0n) is 6.16. The summed E-state index contributed by atoms with van der Waals surface area (Å²) in [4.78, 5) is 11.1. The number of halogens is 1. The number of pyridine rings is 1. The van der Waals surface area contributed by atoms with E-state index in [1.165, 1.54) is 0 Å². The molecule has 12 heavy (non-hydrogen) atoms. The Morgan fingerprint density at radius 2 is 2.17 bits per heavy atom. The Labute approximate surface area is 74.4 Å². The molecule has 60 valence electrons. The van der Waals surface area contributed by atoms with E-state index >= 15 is 0 Å². The molecule has 0 saturated carbocycles. The van der Waals surface area contributed by atoms with Crippen LogP contribution >= 0.6 is 11.6 Å². The van der Waals surface area contributed by atoms with E-state index in [4.69, 9.17) is 11.6 Å². The van der Waals surface area contributed by atoms with Crippen molar-refractivity contribution >= 4 is 11.6 Å². The van der Waals surface area contributed by atoms with Gasteiger partial charge in [0.05, 0.1) is 5.02 Å². The van der Waals surface area contributed by atoms with Crippen LogP contribution in [0.2, 0.25) is 5.02 Å². The highest BCUT2D eigenvalue weighted by Gasteiger charge is 1.99. The number of nitrogens with one attached hydrogen (secondary N) is 1. The van der Waals surface area contributed by atoms with E-state index in [1.807, 2.05) is 6.07 Å². The van der Waals surface area contributed by atoms with Crippen molar-refractivity contribution in [3.8, 4) is 11.5 Å². The molecule has 2 rings (SSSR count). The molecule has 0 spiro atoms. The summed E-state index contributed by atoms with van der Waals surface area (Å²) in [6.45, 7) is 0. The van der Waals surface area contributed by atoms with Gasteiger partial charge in [0.1, 0.15) is 5.69 Å². The summed E-state index contributed by atoms with van der Waals surface area (Å²) >= 11 is 5.68. The SMILES string of the molecule is Clc1ccc(-c2ncc[nH]2)nc1. The van der Waals surface area contributed by atoms with E-state index in [0.717, 1.165) is 11.5 Å². The Hall–Kier alpha value is -1.35. The largest absolute Gasteiger partial charge is 0.343 e. The Kier molecular flexibility index (Phi) is 1.80. The van der Waals surface area contributed by atoms with Crippen molar-refractivity contribution in [3.63, 3.8) is 0 Å².